The number of halogens is 1. The number of nitriles is 1. The van der Waals surface area contributed by atoms with E-state index >= 15 is 0 Å². The van der Waals surface area contributed by atoms with Crippen LogP contribution in [-0.2, 0) is 16.0 Å². The lowest BCUT2D eigenvalue weighted by molar-refractivity contribution is -0.125. The summed E-state index contributed by atoms with van der Waals surface area (Å²) < 4.78 is 12.6. The highest BCUT2D eigenvalue weighted by molar-refractivity contribution is 5.89. The lowest BCUT2D eigenvalue weighted by atomic mass is 10.1. The largest absolute Gasteiger partial charge is 0.367 e. The first kappa shape index (κ1) is 12.6. The average Bonchev–Trinajstić information content (AvgIpc) is 2.28. The number of primary amides is 1. The van der Waals surface area contributed by atoms with Crippen molar-refractivity contribution >= 4 is 11.8 Å². The molecule has 0 aliphatic carbocycles. The molecule has 2 amide bonds. The number of benzene rings is 1. The van der Waals surface area contributed by atoms with Crippen LogP contribution in [0.3, 0.4) is 0 Å². The van der Waals surface area contributed by atoms with Gasteiger partial charge >= 0.3 is 0 Å². The summed E-state index contributed by atoms with van der Waals surface area (Å²) in [6.45, 7) is 0. The second-order valence-corrected chi connectivity index (χ2v) is 3.34. The predicted molar refractivity (Wildman–Crippen MR) is 56.8 cm³/mol. The SMILES string of the molecule is N#CC(NC(=O)Cc1ccc(F)cc1)C(N)=O. The summed E-state index contributed by atoms with van der Waals surface area (Å²) in [5, 5.41) is 10.7. The number of nitrogens with zero attached hydrogens (tertiary/aromatic N) is 1. The van der Waals surface area contributed by atoms with Gasteiger partial charge in [0.2, 0.25) is 5.91 Å². The van der Waals surface area contributed by atoms with Gasteiger partial charge in [-0.1, -0.05) is 12.1 Å². The highest BCUT2D eigenvalue weighted by Crippen LogP contribution is 2.03. The number of carbonyl (C=O) groups excluding carboxylic acids is 2. The first-order valence-electron chi connectivity index (χ1n) is 4.75. The first-order chi connectivity index (χ1) is 8.02. The zero-order valence-electron chi connectivity index (χ0n) is 8.81. The Morgan fingerprint density at radius 2 is 2.00 bits per heavy atom. The second-order valence-electron chi connectivity index (χ2n) is 3.34. The summed E-state index contributed by atoms with van der Waals surface area (Å²) in [7, 11) is 0. The van der Waals surface area contributed by atoms with Gasteiger partial charge in [0.25, 0.3) is 5.91 Å². The topological polar surface area (TPSA) is 96.0 Å². The van der Waals surface area contributed by atoms with E-state index in [1.54, 1.807) is 6.07 Å². The molecule has 0 aromatic heterocycles. The molecule has 0 bridgehead atoms. The van der Waals surface area contributed by atoms with Gasteiger partial charge in [0.05, 0.1) is 12.5 Å². The quantitative estimate of drug-likeness (QED) is 0.760. The van der Waals surface area contributed by atoms with Crippen LogP contribution in [0.4, 0.5) is 4.39 Å². The number of hydrogen-bond donors (Lipinski definition) is 2. The van der Waals surface area contributed by atoms with E-state index < -0.39 is 23.7 Å². The summed E-state index contributed by atoms with van der Waals surface area (Å²) in [4.78, 5) is 22.1. The molecule has 1 aromatic carbocycles. The van der Waals surface area contributed by atoms with Crippen LogP contribution in [0.1, 0.15) is 5.56 Å². The molecule has 0 aliphatic heterocycles. The van der Waals surface area contributed by atoms with Crippen LogP contribution in [0, 0.1) is 17.1 Å². The monoisotopic (exact) mass is 235 g/mol. The highest BCUT2D eigenvalue weighted by Gasteiger charge is 2.16. The van der Waals surface area contributed by atoms with Gasteiger partial charge in [-0.2, -0.15) is 5.26 Å². The number of nitrogens with one attached hydrogen (secondary N) is 1. The van der Waals surface area contributed by atoms with Crippen molar-refractivity contribution in [2.45, 2.75) is 12.5 Å². The van der Waals surface area contributed by atoms with Gasteiger partial charge in [-0.15, -0.1) is 0 Å². The lowest BCUT2D eigenvalue weighted by Gasteiger charge is -2.07. The van der Waals surface area contributed by atoms with Gasteiger partial charge in [-0.25, -0.2) is 4.39 Å². The lowest BCUT2D eigenvalue weighted by Crippen LogP contribution is -2.43. The van der Waals surface area contributed by atoms with E-state index in [1.165, 1.54) is 24.3 Å². The van der Waals surface area contributed by atoms with Crippen molar-refractivity contribution < 1.29 is 14.0 Å². The van der Waals surface area contributed by atoms with Crippen molar-refractivity contribution in [3.05, 3.63) is 35.6 Å². The fraction of sp³-hybridized carbons (Fsp3) is 0.182. The van der Waals surface area contributed by atoms with Crippen molar-refractivity contribution in [3.8, 4) is 6.07 Å². The minimum Gasteiger partial charge on any atom is -0.367 e. The second kappa shape index (κ2) is 5.61. The Labute approximate surface area is 97.0 Å². The van der Waals surface area contributed by atoms with Gasteiger partial charge in [0.15, 0.2) is 6.04 Å². The molecule has 0 aliphatic rings. The maximum atomic E-state index is 12.6. The number of hydrogen-bond acceptors (Lipinski definition) is 3. The van der Waals surface area contributed by atoms with E-state index in [1.807, 2.05) is 0 Å². The molecule has 0 saturated carbocycles. The van der Waals surface area contributed by atoms with Crippen molar-refractivity contribution in [1.29, 1.82) is 5.26 Å². The Hall–Kier alpha value is -2.42. The van der Waals surface area contributed by atoms with Crippen molar-refractivity contribution in [2.75, 3.05) is 0 Å². The average molecular weight is 235 g/mol. The summed E-state index contributed by atoms with van der Waals surface area (Å²) >= 11 is 0. The Kier molecular flexibility index (Phi) is 4.17. The Morgan fingerprint density at radius 3 is 2.47 bits per heavy atom. The number of rotatable bonds is 4. The Bertz CT molecular complexity index is 465. The van der Waals surface area contributed by atoms with Gasteiger partial charge in [0.1, 0.15) is 5.82 Å². The van der Waals surface area contributed by atoms with Crippen LogP contribution >= 0.6 is 0 Å². The molecule has 1 unspecified atom stereocenters. The Morgan fingerprint density at radius 1 is 1.41 bits per heavy atom. The molecule has 0 radical (unpaired) electrons. The number of nitrogens with two attached hydrogens (primary N) is 1. The van der Waals surface area contributed by atoms with Crippen LogP contribution < -0.4 is 11.1 Å². The molecule has 0 saturated heterocycles. The molecular weight excluding hydrogens is 225 g/mol. The normalized spacial score (nSPS) is 11.3. The van der Waals surface area contributed by atoms with E-state index in [2.05, 4.69) is 5.32 Å². The fourth-order valence-electron chi connectivity index (χ4n) is 1.17. The summed E-state index contributed by atoms with van der Waals surface area (Å²) in [5.41, 5.74) is 5.46. The van der Waals surface area contributed by atoms with Crippen LogP contribution in [-0.4, -0.2) is 17.9 Å². The predicted octanol–water partition coefficient (Wildman–Crippen LogP) is -0.138. The molecule has 1 rings (SSSR count). The summed E-state index contributed by atoms with van der Waals surface area (Å²) in [6, 6.07) is 5.55. The van der Waals surface area contributed by atoms with Crippen LogP contribution in [0.5, 0.6) is 0 Å². The standard InChI is InChI=1S/C11H10FN3O2/c12-8-3-1-7(2-4-8)5-10(16)15-9(6-13)11(14)17/h1-4,9H,5H2,(H2,14,17)(H,15,16). The minimum absolute atomic E-state index is 0.0499. The zero-order chi connectivity index (χ0) is 12.8. The van der Waals surface area contributed by atoms with Gasteiger partial charge in [-0.3, -0.25) is 9.59 Å². The van der Waals surface area contributed by atoms with Crippen LogP contribution in [0.25, 0.3) is 0 Å². The van der Waals surface area contributed by atoms with E-state index in [9.17, 15) is 14.0 Å². The maximum absolute atomic E-state index is 12.6. The van der Waals surface area contributed by atoms with Crippen LogP contribution in [0.15, 0.2) is 24.3 Å². The molecule has 3 N–H and O–H groups in total. The van der Waals surface area contributed by atoms with E-state index in [0.29, 0.717) is 5.56 Å². The molecule has 6 heteroatoms. The van der Waals surface area contributed by atoms with Gasteiger partial charge in [0, 0.05) is 0 Å². The summed E-state index contributed by atoms with van der Waals surface area (Å²) in [6.07, 6.45) is -0.0499. The van der Waals surface area contributed by atoms with E-state index in [-0.39, 0.29) is 6.42 Å². The summed E-state index contributed by atoms with van der Waals surface area (Å²) in [5.74, 6) is -1.84. The molecule has 0 heterocycles. The molecule has 5 nitrogen and oxygen atoms in total. The molecule has 88 valence electrons. The van der Waals surface area contributed by atoms with Crippen molar-refractivity contribution in [2.24, 2.45) is 5.73 Å². The molecule has 0 spiro atoms. The third-order valence-corrected chi connectivity index (χ3v) is 2.00. The van der Waals surface area contributed by atoms with Crippen molar-refractivity contribution in [3.63, 3.8) is 0 Å². The molecular formula is C11H10FN3O2. The highest BCUT2D eigenvalue weighted by atomic mass is 19.1. The molecule has 1 atom stereocenters. The molecule has 1 aromatic rings. The van der Waals surface area contributed by atoms with Crippen molar-refractivity contribution in [1.82, 2.24) is 5.32 Å². The minimum atomic E-state index is -1.34. The van der Waals surface area contributed by atoms with Gasteiger partial charge in [-0.05, 0) is 17.7 Å². The van der Waals surface area contributed by atoms with Crippen LogP contribution in [0.2, 0.25) is 0 Å². The molecule has 0 fully saturated rings. The third-order valence-electron chi connectivity index (χ3n) is 2.00. The third kappa shape index (κ3) is 3.91. The zero-order valence-corrected chi connectivity index (χ0v) is 8.81. The fourth-order valence-corrected chi connectivity index (χ4v) is 1.17. The number of carbonyl (C=O) groups is 2. The smallest absolute Gasteiger partial charge is 0.254 e. The maximum Gasteiger partial charge on any atom is 0.254 e. The molecule has 17 heavy (non-hydrogen) atoms. The first-order valence-corrected chi connectivity index (χ1v) is 4.75. The van der Waals surface area contributed by atoms with Gasteiger partial charge < -0.3 is 11.1 Å². The Balaban J connectivity index is 2.58. The van der Waals surface area contributed by atoms with E-state index in [0.717, 1.165) is 0 Å². The number of amides is 2. The van der Waals surface area contributed by atoms with E-state index in [4.69, 9.17) is 11.0 Å².